The van der Waals surface area contributed by atoms with Crippen molar-refractivity contribution in [3.63, 3.8) is 0 Å². The molecule has 0 amide bonds. The predicted molar refractivity (Wildman–Crippen MR) is 261 cm³/mol. The maximum absolute atomic E-state index is 5.64. The normalized spacial score (nSPS) is 12.2. The zero-order valence-electron chi connectivity index (χ0n) is 36.0. The van der Waals surface area contributed by atoms with E-state index in [2.05, 4.69) is 223 Å². The molecule has 7 heteroatoms. The van der Waals surface area contributed by atoms with E-state index < -0.39 is 0 Å². The van der Waals surface area contributed by atoms with E-state index in [1.165, 1.54) is 49.4 Å². The Kier molecular flexibility index (Phi) is 8.31. The molecule has 0 aliphatic carbocycles. The van der Waals surface area contributed by atoms with E-state index in [1.807, 2.05) is 0 Å². The number of fused-ring (bicyclic) bond motifs is 8. The van der Waals surface area contributed by atoms with Gasteiger partial charge in [0, 0.05) is 39.8 Å². The van der Waals surface area contributed by atoms with E-state index in [0.717, 1.165) is 67.5 Å². The quantitative estimate of drug-likeness (QED) is 0.161. The number of benzene rings is 7. The summed E-state index contributed by atoms with van der Waals surface area (Å²) in [5.41, 5.74) is 15.3. The first-order chi connectivity index (χ1) is 30.8. The summed E-state index contributed by atoms with van der Waals surface area (Å²) in [6, 6.07) is 60.8. The van der Waals surface area contributed by atoms with Crippen LogP contribution < -0.4 is 0 Å². The molecule has 0 unspecified atom stereocenters. The highest BCUT2D eigenvalue weighted by molar-refractivity contribution is 6.19. The second kappa shape index (κ2) is 14.1. The molecule has 0 aliphatic rings. The molecule has 12 aromatic rings. The zero-order chi connectivity index (χ0) is 42.5. The van der Waals surface area contributed by atoms with Gasteiger partial charge in [-0.05, 0) is 94.8 Å². The first-order valence-electron chi connectivity index (χ1n) is 21.9. The van der Waals surface area contributed by atoms with Crippen LogP contribution in [0.5, 0.6) is 0 Å². The summed E-state index contributed by atoms with van der Waals surface area (Å²) >= 11 is 0. The number of hydrogen-bond donors (Lipinski definition) is 0. The SMILES string of the molecule is CC(C)c1cc(-c2ccccc2)cc(C(C)C)c1-c1nc2ccc(-n3c4ccccc4c4cc5c6ccccc6n(-c6nc7ccccc7n6C)c5cc43)nc2n1-c1ccccc1. The standard InChI is InChI=1S/C56H45N7/c1-34(2)41-30-37(36-18-8-6-9-19-36)31-42(35(3)4)53(41)55-57-46-28-29-52(59-54(46)61(55)38-20-10-7-11-21-38)62-47-25-15-12-22-39(47)43-32-44-40-23-13-16-26-48(40)63(51(44)33-50(43)62)56-58-45-24-14-17-27-49(45)60(56)5/h6-35H,1-5H3. The van der Waals surface area contributed by atoms with Crippen molar-refractivity contribution >= 4 is 65.8 Å². The molecule has 0 fully saturated rings. The first-order valence-corrected chi connectivity index (χ1v) is 21.9. The molecule has 7 nitrogen and oxygen atoms in total. The van der Waals surface area contributed by atoms with Gasteiger partial charge >= 0.3 is 0 Å². The van der Waals surface area contributed by atoms with Gasteiger partial charge in [-0.15, -0.1) is 0 Å². The van der Waals surface area contributed by atoms with Crippen LogP contribution in [-0.4, -0.2) is 33.2 Å². The van der Waals surface area contributed by atoms with Gasteiger partial charge in [-0.2, -0.15) is 0 Å². The van der Waals surface area contributed by atoms with Gasteiger partial charge in [0.15, 0.2) is 5.65 Å². The van der Waals surface area contributed by atoms with Gasteiger partial charge < -0.3 is 4.57 Å². The lowest BCUT2D eigenvalue weighted by Gasteiger charge is -2.22. The molecule has 0 aliphatic heterocycles. The minimum atomic E-state index is 0.253. The number of hydrogen-bond acceptors (Lipinski definition) is 3. The fraction of sp³-hybridized carbons (Fsp3) is 0.125. The van der Waals surface area contributed by atoms with Crippen LogP contribution >= 0.6 is 0 Å². The van der Waals surface area contributed by atoms with Crippen LogP contribution in [0.3, 0.4) is 0 Å². The molecule has 5 aromatic heterocycles. The van der Waals surface area contributed by atoms with Crippen molar-refractivity contribution in [2.45, 2.75) is 39.5 Å². The van der Waals surface area contributed by atoms with Crippen LogP contribution in [0, 0.1) is 0 Å². The van der Waals surface area contributed by atoms with E-state index in [4.69, 9.17) is 15.0 Å². The summed E-state index contributed by atoms with van der Waals surface area (Å²) in [5.74, 6) is 3.12. The molecule has 0 spiro atoms. The molecule has 63 heavy (non-hydrogen) atoms. The van der Waals surface area contributed by atoms with Crippen molar-refractivity contribution < 1.29 is 0 Å². The van der Waals surface area contributed by atoms with E-state index in [1.54, 1.807) is 0 Å². The summed E-state index contributed by atoms with van der Waals surface area (Å²) in [7, 11) is 2.11. The van der Waals surface area contributed by atoms with Crippen LogP contribution in [0.1, 0.15) is 50.7 Å². The summed E-state index contributed by atoms with van der Waals surface area (Å²) in [6.07, 6.45) is 0. The Hall–Kier alpha value is -7.77. The van der Waals surface area contributed by atoms with Gasteiger partial charge in [-0.25, -0.2) is 15.0 Å². The van der Waals surface area contributed by atoms with Gasteiger partial charge in [0.2, 0.25) is 5.95 Å². The van der Waals surface area contributed by atoms with Crippen LogP contribution in [0.2, 0.25) is 0 Å². The Labute approximate surface area is 365 Å². The molecule has 5 heterocycles. The van der Waals surface area contributed by atoms with Crippen molar-refractivity contribution in [2.24, 2.45) is 7.05 Å². The Morgan fingerprint density at radius 3 is 1.63 bits per heavy atom. The smallest absolute Gasteiger partial charge is 0.215 e. The Balaban J connectivity index is 1.14. The Morgan fingerprint density at radius 2 is 0.984 bits per heavy atom. The summed E-state index contributed by atoms with van der Waals surface area (Å²) in [5, 5.41) is 4.72. The number of para-hydroxylation sites is 5. The third-order valence-corrected chi connectivity index (χ3v) is 12.9. The highest BCUT2D eigenvalue weighted by atomic mass is 15.2. The number of aromatic nitrogens is 7. The highest BCUT2D eigenvalue weighted by Crippen LogP contribution is 2.43. The Morgan fingerprint density at radius 1 is 0.413 bits per heavy atom. The first kappa shape index (κ1) is 37.0. The maximum atomic E-state index is 5.64. The number of imidazole rings is 2. The van der Waals surface area contributed by atoms with E-state index in [-0.39, 0.29) is 11.8 Å². The number of nitrogens with zero attached hydrogens (tertiary/aromatic N) is 7. The van der Waals surface area contributed by atoms with Gasteiger partial charge in [0.05, 0.1) is 33.1 Å². The number of rotatable bonds is 7. The Bertz CT molecular complexity index is 3720. The summed E-state index contributed by atoms with van der Waals surface area (Å²) in [4.78, 5) is 16.4. The van der Waals surface area contributed by atoms with Crippen LogP contribution in [0.4, 0.5) is 0 Å². The molecular weight excluding hydrogens is 771 g/mol. The predicted octanol–water partition coefficient (Wildman–Crippen LogP) is 14.1. The molecule has 0 saturated carbocycles. The van der Waals surface area contributed by atoms with Gasteiger partial charge in [-0.3, -0.25) is 13.7 Å². The number of aryl methyl sites for hydroxylation is 1. The lowest BCUT2D eigenvalue weighted by atomic mass is 9.85. The van der Waals surface area contributed by atoms with Crippen molar-refractivity contribution in [1.82, 2.24) is 33.2 Å². The van der Waals surface area contributed by atoms with Crippen molar-refractivity contribution in [1.29, 1.82) is 0 Å². The lowest BCUT2D eigenvalue weighted by Crippen LogP contribution is -2.07. The summed E-state index contributed by atoms with van der Waals surface area (Å²) in [6.45, 7) is 9.16. The molecule has 0 N–H and O–H groups in total. The highest BCUT2D eigenvalue weighted by Gasteiger charge is 2.26. The average molecular weight is 816 g/mol. The van der Waals surface area contributed by atoms with Crippen LogP contribution in [0.25, 0.3) is 106 Å². The lowest BCUT2D eigenvalue weighted by molar-refractivity contribution is 0.833. The van der Waals surface area contributed by atoms with Crippen LogP contribution in [0.15, 0.2) is 170 Å². The van der Waals surface area contributed by atoms with Crippen molar-refractivity contribution in [3.8, 4) is 40.0 Å². The third-order valence-electron chi connectivity index (χ3n) is 12.9. The third kappa shape index (κ3) is 5.62. The van der Waals surface area contributed by atoms with Gasteiger partial charge in [0.1, 0.15) is 17.2 Å². The molecule has 12 rings (SSSR count). The molecule has 304 valence electrons. The minimum absolute atomic E-state index is 0.253. The molecule has 0 atom stereocenters. The largest absolute Gasteiger partial charge is 0.313 e. The zero-order valence-corrected chi connectivity index (χ0v) is 36.0. The van der Waals surface area contributed by atoms with E-state index in [9.17, 15) is 0 Å². The monoisotopic (exact) mass is 815 g/mol. The fourth-order valence-electron chi connectivity index (χ4n) is 9.94. The molecule has 0 bridgehead atoms. The number of pyridine rings is 1. The van der Waals surface area contributed by atoms with Crippen molar-refractivity contribution in [2.75, 3.05) is 0 Å². The molecular formula is C56H45N7. The second-order valence-corrected chi connectivity index (χ2v) is 17.4. The minimum Gasteiger partial charge on any atom is -0.313 e. The molecule has 7 aromatic carbocycles. The van der Waals surface area contributed by atoms with E-state index >= 15 is 0 Å². The summed E-state index contributed by atoms with van der Waals surface area (Å²) < 4.78 is 9.13. The maximum Gasteiger partial charge on any atom is 0.215 e. The van der Waals surface area contributed by atoms with Gasteiger partial charge in [-0.1, -0.05) is 137 Å². The molecule has 0 radical (unpaired) electrons. The van der Waals surface area contributed by atoms with E-state index in [0.29, 0.717) is 0 Å². The van der Waals surface area contributed by atoms with Crippen molar-refractivity contribution in [3.05, 3.63) is 181 Å². The second-order valence-electron chi connectivity index (χ2n) is 17.4. The fourth-order valence-corrected chi connectivity index (χ4v) is 9.94. The average Bonchev–Trinajstić information content (AvgIpc) is 4.05. The topological polar surface area (TPSA) is 58.4 Å². The molecule has 0 saturated heterocycles. The van der Waals surface area contributed by atoms with Crippen LogP contribution in [-0.2, 0) is 7.05 Å². The van der Waals surface area contributed by atoms with Gasteiger partial charge in [0.25, 0.3) is 0 Å².